The van der Waals surface area contributed by atoms with E-state index in [9.17, 15) is 19.1 Å². The number of aromatic nitrogens is 2. The minimum atomic E-state index is -1.13. The number of piperazine rings is 1. The molecule has 3 aromatic carbocycles. The number of urea groups is 1. The van der Waals surface area contributed by atoms with E-state index in [4.69, 9.17) is 0 Å². The molecule has 202 valence electrons. The van der Waals surface area contributed by atoms with E-state index in [-0.39, 0.29) is 12.6 Å². The molecule has 2 saturated heterocycles. The summed E-state index contributed by atoms with van der Waals surface area (Å²) >= 11 is 0. The van der Waals surface area contributed by atoms with Gasteiger partial charge in [-0.15, -0.1) is 0 Å². The summed E-state index contributed by atoms with van der Waals surface area (Å²) in [6, 6.07) is 24.2. The Balaban J connectivity index is 1.38. The summed E-state index contributed by atoms with van der Waals surface area (Å²) < 4.78 is 14.5. The lowest BCUT2D eigenvalue weighted by molar-refractivity contribution is -0.144. The van der Waals surface area contributed by atoms with Crippen LogP contribution in [0.15, 0.2) is 97.2 Å². The summed E-state index contributed by atoms with van der Waals surface area (Å²) in [5.74, 6) is -1.14. The lowest BCUT2D eigenvalue weighted by atomic mass is 9.86. The van der Waals surface area contributed by atoms with E-state index in [1.54, 1.807) is 35.4 Å². The predicted molar refractivity (Wildman–Crippen MR) is 150 cm³/mol. The van der Waals surface area contributed by atoms with Crippen LogP contribution >= 0.6 is 0 Å². The standard InChI is InChI=1S/C31H28FN5O3/c32-25-16-8-7-15-24(25)26-18-19-33-30(34-26)37-23-14-9-17-27(37)28(29(38)39)35(20-23)31(40)36(21-10-3-1-4-11-21)22-12-5-2-6-13-22/h1-8,10-13,15-16,18-19,23,27-28H,9,14,17,20H2,(H,38,39)/t23-,27+,28-/m0/s1. The third kappa shape index (κ3) is 4.64. The summed E-state index contributed by atoms with van der Waals surface area (Å²) in [4.78, 5) is 41.2. The number of carbonyl (C=O) groups is 2. The largest absolute Gasteiger partial charge is 0.480 e. The van der Waals surface area contributed by atoms with E-state index >= 15 is 0 Å². The number of para-hydroxylation sites is 2. The number of nitrogens with zero attached hydrogens (tertiary/aromatic N) is 5. The van der Waals surface area contributed by atoms with Crippen molar-refractivity contribution in [2.45, 2.75) is 37.4 Å². The molecule has 2 fully saturated rings. The van der Waals surface area contributed by atoms with Crippen molar-refractivity contribution in [3.8, 4) is 11.3 Å². The molecule has 0 saturated carbocycles. The molecule has 1 aromatic heterocycles. The summed E-state index contributed by atoms with van der Waals surface area (Å²) in [7, 11) is 0. The molecule has 2 amide bonds. The normalized spacial score (nSPS) is 20.2. The number of piperidine rings is 1. The van der Waals surface area contributed by atoms with Gasteiger partial charge in [0.25, 0.3) is 0 Å². The number of hydrogen-bond acceptors (Lipinski definition) is 5. The van der Waals surface area contributed by atoms with Gasteiger partial charge in [0.2, 0.25) is 5.95 Å². The monoisotopic (exact) mass is 537 g/mol. The number of aliphatic carboxylic acids is 1. The van der Waals surface area contributed by atoms with Crippen molar-refractivity contribution in [3.05, 3.63) is 103 Å². The Bertz CT molecular complexity index is 1480. The van der Waals surface area contributed by atoms with Crippen molar-refractivity contribution < 1.29 is 19.1 Å². The number of benzene rings is 3. The summed E-state index contributed by atoms with van der Waals surface area (Å²) in [5.41, 5.74) is 2.07. The van der Waals surface area contributed by atoms with E-state index in [0.29, 0.717) is 35.0 Å². The van der Waals surface area contributed by atoms with Gasteiger partial charge < -0.3 is 14.9 Å². The number of halogens is 1. The average Bonchev–Trinajstić information content (AvgIpc) is 2.98. The second kappa shape index (κ2) is 10.8. The number of fused-ring (bicyclic) bond motifs is 2. The van der Waals surface area contributed by atoms with Crippen molar-refractivity contribution in [1.82, 2.24) is 14.9 Å². The van der Waals surface area contributed by atoms with Crippen LogP contribution < -0.4 is 9.80 Å². The van der Waals surface area contributed by atoms with Gasteiger partial charge in [0.05, 0.1) is 29.2 Å². The maximum Gasteiger partial charge on any atom is 0.329 e. The third-order valence-corrected chi connectivity index (χ3v) is 7.64. The van der Waals surface area contributed by atoms with Crippen LogP contribution in [0.4, 0.5) is 26.5 Å². The van der Waals surface area contributed by atoms with Crippen LogP contribution in [-0.4, -0.2) is 56.6 Å². The van der Waals surface area contributed by atoms with E-state index in [1.807, 2.05) is 65.6 Å². The molecule has 0 aliphatic carbocycles. The highest BCUT2D eigenvalue weighted by molar-refractivity contribution is 6.01. The van der Waals surface area contributed by atoms with Gasteiger partial charge in [-0.05, 0) is 61.7 Å². The quantitative estimate of drug-likeness (QED) is 0.349. The molecule has 9 heteroatoms. The zero-order chi connectivity index (χ0) is 27.6. The highest BCUT2D eigenvalue weighted by atomic mass is 19.1. The van der Waals surface area contributed by atoms with E-state index in [0.717, 1.165) is 12.8 Å². The van der Waals surface area contributed by atoms with Crippen LogP contribution in [0.5, 0.6) is 0 Å². The number of hydrogen-bond donors (Lipinski definition) is 1. The van der Waals surface area contributed by atoms with Crippen LogP contribution in [0.25, 0.3) is 11.3 Å². The molecule has 8 nitrogen and oxygen atoms in total. The fourth-order valence-corrected chi connectivity index (χ4v) is 5.90. The highest BCUT2D eigenvalue weighted by Crippen LogP contribution is 2.38. The third-order valence-electron chi connectivity index (χ3n) is 7.64. The second-order valence-electron chi connectivity index (χ2n) is 10.0. The van der Waals surface area contributed by atoms with Crippen LogP contribution in [-0.2, 0) is 4.79 Å². The Hall–Kier alpha value is -4.79. The minimum Gasteiger partial charge on any atom is -0.480 e. The van der Waals surface area contributed by atoms with Gasteiger partial charge in [0.15, 0.2) is 6.04 Å². The zero-order valence-corrected chi connectivity index (χ0v) is 21.7. The van der Waals surface area contributed by atoms with Gasteiger partial charge >= 0.3 is 12.0 Å². The van der Waals surface area contributed by atoms with Crippen molar-refractivity contribution in [1.29, 1.82) is 0 Å². The molecule has 3 heterocycles. The minimum absolute atomic E-state index is 0.190. The SMILES string of the molecule is O=C(O)[C@@H]1[C@H]2CCC[C@@H](CN1C(=O)N(c1ccccc1)c1ccccc1)N2c1nccc(-c2ccccc2F)n1. The molecule has 0 radical (unpaired) electrons. The van der Waals surface area contributed by atoms with Gasteiger partial charge in [-0.2, -0.15) is 0 Å². The fraction of sp³-hybridized carbons (Fsp3) is 0.226. The van der Waals surface area contributed by atoms with Crippen LogP contribution in [0.2, 0.25) is 0 Å². The molecule has 2 aliphatic rings. The van der Waals surface area contributed by atoms with Gasteiger partial charge in [-0.25, -0.2) is 23.9 Å². The Morgan fingerprint density at radius 3 is 2.17 bits per heavy atom. The number of carbonyl (C=O) groups excluding carboxylic acids is 1. The first-order valence-corrected chi connectivity index (χ1v) is 13.3. The van der Waals surface area contributed by atoms with Gasteiger partial charge in [-0.1, -0.05) is 48.5 Å². The number of carboxylic acids is 1. The maximum atomic E-state index is 14.5. The zero-order valence-electron chi connectivity index (χ0n) is 21.7. The van der Waals surface area contributed by atoms with E-state index in [2.05, 4.69) is 9.97 Å². The molecule has 4 aromatic rings. The van der Waals surface area contributed by atoms with Gasteiger partial charge in [0.1, 0.15) is 5.82 Å². The van der Waals surface area contributed by atoms with Crippen molar-refractivity contribution in [2.75, 3.05) is 16.3 Å². The molecular formula is C31H28FN5O3. The van der Waals surface area contributed by atoms with Crippen LogP contribution in [0.3, 0.4) is 0 Å². The maximum absolute atomic E-state index is 14.5. The Morgan fingerprint density at radius 2 is 1.52 bits per heavy atom. The predicted octanol–water partition coefficient (Wildman–Crippen LogP) is 5.74. The fourth-order valence-electron chi connectivity index (χ4n) is 5.90. The van der Waals surface area contributed by atoms with E-state index in [1.165, 1.54) is 11.0 Å². The first kappa shape index (κ1) is 25.5. The summed E-state index contributed by atoms with van der Waals surface area (Å²) in [6.07, 6.45) is 3.70. The molecule has 0 spiro atoms. The number of anilines is 3. The molecule has 6 rings (SSSR count). The molecule has 3 atom stereocenters. The molecule has 2 bridgehead atoms. The molecule has 40 heavy (non-hydrogen) atoms. The van der Waals surface area contributed by atoms with Crippen molar-refractivity contribution >= 4 is 29.3 Å². The van der Waals surface area contributed by atoms with Crippen molar-refractivity contribution in [3.63, 3.8) is 0 Å². The molecular weight excluding hydrogens is 509 g/mol. The van der Waals surface area contributed by atoms with Crippen molar-refractivity contribution in [2.24, 2.45) is 0 Å². The Kier molecular flexibility index (Phi) is 6.86. The van der Waals surface area contributed by atoms with Gasteiger partial charge in [-0.3, -0.25) is 4.90 Å². The second-order valence-corrected chi connectivity index (χ2v) is 10.0. The smallest absolute Gasteiger partial charge is 0.329 e. The van der Waals surface area contributed by atoms with Crippen LogP contribution in [0, 0.1) is 5.82 Å². The molecule has 1 N–H and O–H groups in total. The van der Waals surface area contributed by atoms with E-state index < -0.39 is 29.9 Å². The average molecular weight is 538 g/mol. The molecule has 2 aliphatic heterocycles. The first-order chi connectivity index (χ1) is 19.5. The number of rotatable bonds is 5. The summed E-state index contributed by atoms with van der Waals surface area (Å²) in [6.45, 7) is 0.190. The first-order valence-electron chi connectivity index (χ1n) is 13.3. The number of likely N-dealkylation sites (tertiary alicyclic amines) is 1. The lowest BCUT2D eigenvalue weighted by Crippen LogP contribution is -2.70. The topological polar surface area (TPSA) is 89.9 Å². The van der Waals surface area contributed by atoms with Gasteiger partial charge in [0, 0.05) is 18.3 Å². The number of carboxylic acid groups (broad SMARTS) is 1. The Morgan fingerprint density at radius 1 is 0.875 bits per heavy atom. The number of amides is 2. The lowest BCUT2D eigenvalue weighted by Gasteiger charge is -2.53. The van der Waals surface area contributed by atoms with Crippen LogP contribution in [0.1, 0.15) is 19.3 Å². The molecule has 0 unspecified atom stereocenters. The Labute approximate surface area is 231 Å². The summed E-state index contributed by atoms with van der Waals surface area (Å²) in [5, 5.41) is 10.5. The highest BCUT2D eigenvalue weighted by Gasteiger charge is 2.51.